The van der Waals surface area contributed by atoms with E-state index >= 15 is 0 Å². The van der Waals surface area contributed by atoms with Crippen LogP contribution in [0.2, 0.25) is 5.02 Å². The quantitative estimate of drug-likeness (QED) is 0.842. The van der Waals surface area contributed by atoms with Crippen molar-refractivity contribution in [3.8, 4) is 5.75 Å². The van der Waals surface area contributed by atoms with Gasteiger partial charge in [0.15, 0.2) is 0 Å². The van der Waals surface area contributed by atoms with E-state index in [1.54, 1.807) is 17.0 Å². The van der Waals surface area contributed by atoms with Crippen molar-refractivity contribution < 1.29 is 14.3 Å². The molecule has 2 amide bonds. The molecular weight excluding hydrogens is 364 g/mol. The van der Waals surface area contributed by atoms with Gasteiger partial charge in [0.1, 0.15) is 11.9 Å². The van der Waals surface area contributed by atoms with E-state index in [4.69, 9.17) is 16.3 Å². The first-order valence-electron chi connectivity index (χ1n) is 8.97. The van der Waals surface area contributed by atoms with Gasteiger partial charge in [-0.1, -0.05) is 23.7 Å². The summed E-state index contributed by atoms with van der Waals surface area (Å²) in [6.45, 7) is 6.30. The molecule has 2 aromatic rings. The largest absolute Gasteiger partial charge is 0.487 e. The summed E-state index contributed by atoms with van der Waals surface area (Å²) in [5.74, 6) is 0.366. The molecule has 0 aliphatic carbocycles. The maximum atomic E-state index is 12.8. The zero-order valence-electron chi connectivity index (χ0n) is 15.7. The third-order valence-corrected chi connectivity index (χ3v) is 4.75. The lowest BCUT2D eigenvalue weighted by Crippen LogP contribution is -2.42. The Morgan fingerprint density at radius 1 is 1.15 bits per heavy atom. The van der Waals surface area contributed by atoms with Crippen LogP contribution in [-0.2, 0) is 9.59 Å². The lowest BCUT2D eigenvalue weighted by atomic mass is 10.1. The van der Waals surface area contributed by atoms with Crippen molar-refractivity contribution in [3.63, 3.8) is 0 Å². The molecule has 27 heavy (non-hydrogen) atoms. The molecule has 1 atom stereocenters. The molecule has 1 aliphatic rings. The second-order valence-corrected chi connectivity index (χ2v) is 7.34. The van der Waals surface area contributed by atoms with Gasteiger partial charge in [-0.05, 0) is 56.2 Å². The summed E-state index contributed by atoms with van der Waals surface area (Å²) in [7, 11) is 0. The number of amides is 2. The first kappa shape index (κ1) is 19.2. The lowest BCUT2D eigenvalue weighted by Gasteiger charge is -2.33. The first-order valence-corrected chi connectivity index (χ1v) is 9.35. The zero-order valence-corrected chi connectivity index (χ0v) is 16.5. The second-order valence-electron chi connectivity index (χ2n) is 6.94. The monoisotopic (exact) mass is 386 g/mol. The SMILES string of the molecule is Cc1ccc(NC(=O)CCC(=O)N2C[C@@H](C)Oc3ccc(C)cc32)c(Cl)c1. The number of benzene rings is 2. The topological polar surface area (TPSA) is 58.6 Å². The van der Waals surface area contributed by atoms with Crippen molar-refractivity contribution >= 4 is 34.8 Å². The third-order valence-electron chi connectivity index (χ3n) is 4.44. The number of rotatable bonds is 4. The minimum absolute atomic E-state index is 0.0932. The van der Waals surface area contributed by atoms with Crippen molar-refractivity contribution in [1.82, 2.24) is 0 Å². The van der Waals surface area contributed by atoms with Gasteiger partial charge in [-0.15, -0.1) is 0 Å². The average Bonchev–Trinajstić information content (AvgIpc) is 2.61. The molecule has 1 N–H and O–H groups in total. The number of hydrogen-bond acceptors (Lipinski definition) is 3. The normalized spacial score (nSPS) is 15.7. The summed E-state index contributed by atoms with van der Waals surface area (Å²) < 4.78 is 5.81. The van der Waals surface area contributed by atoms with Gasteiger partial charge in [-0.3, -0.25) is 9.59 Å². The highest BCUT2D eigenvalue weighted by Gasteiger charge is 2.27. The van der Waals surface area contributed by atoms with E-state index in [2.05, 4.69) is 5.32 Å². The number of aryl methyl sites for hydroxylation is 2. The van der Waals surface area contributed by atoms with Crippen LogP contribution in [0.3, 0.4) is 0 Å². The molecule has 6 heteroatoms. The van der Waals surface area contributed by atoms with E-state index < -0.39 is 0 Å². The van der Waals surface area contributed by atoms with Crippen LogP contribution in [0.1, 0.15) is 30.9 Å². The molecule has 0 saturated carbocycles. The summed E-state index contributed by atoms with van der Waals surface area (Å²) in [6.07, 6.45) is 0.120. The Labute approximate surface area is 164 Å². The molecule has 2 aromatic carbocycles. The van der Waals surface area contributed by atoms with E-state index in [-0.39, 0.29) is 30.8 Å². The van der Waals surface area contributed by atoms with Crippen molar-refractivity contribution in [1.29, 1.82) is 0 Å². The van der Waals surface area contributed by atoms with Crippen molar-refractivity contribution in [2.45, 2.75) is 39.7 Å². The van der Waals surface area contributed by atoms with Crippen LogP contribution in [0.4, 0.5) is 11.4 Å². The molecule has 3 rings (SSSR count). The molecule has 1 aliphatic heterocycles. The summed E-state index contributed by atoms with van der Waals surface area (Å²) in [6, 6.07) is 11.2. The highest BCUT2D eigenvalue weighted by Crippen LogP contribution is 2.34. The molecule has 0 unspecified atom stereocenters. The van der Waals surface area contributed by atoms with Crippen LogP contribution in [0, 0.1) is 13.8 Å². The van der Waals surface area contributed by atoms with Crippen LogP contribution < -0.4 is 15.0 Å². The molecule has 142 valence electrons. The van der Waals surface area contributed by atoms with Gasteiger partial charge in [-0.2, -0.15) is 0 Å². The molecule has 0 radical (unpaired) electrons. The molecule has 0 spiro atoms. The molecular formula is C21H23ClN2O3. The highest BCUT2D eigenvalue weighted by molar-refractivity contribution is 6.33. The fourth-order valence-corrected chi connectivity index (χ4v) is 3.36. The van der Waals surface area contributed by atoms with Crippen LogP contribution >= 0.6 is 11.6 Å². The van der Waals surface area contributed by atoms with Gasteiger partial charge in [0, 0.05) is 12.8 Å². The Bertz CT molecular complexity index is 882. The summed E-state index contributed by atoms with van der Waals surface area (Å²) in [4.78, 5) is 26.7. The number of anilines is 2. The molecule has 1 heterocycles. The number of carbonyl (C=O) groups is 2. The average molecular weight is 387 g/mol. The Morgan fingerprint density at radius 3 is 2.59 bits per heavy atom. The summed E-state index contributed by atoms with van der Waals surface area (Å²) in [5, 5.41) is 3.25. The van der Waals surface area contributed by atoms with Crippen molar-refractivity contribution in [2.75, 3.05) is 16.8 Å². The maximum absolute atomic E-state index is 12.8. The van der Waals surface area contributed by atoms with E-state index in [1.807, 2.05) is 45.0 Å². The molecule has 5 nitrogen and oxygen atoms in total. The minimum atomic E-state index is -0.236. The van der Waals surface area contributed by atoms with Gasteiger partial charge in [0.05, 0.1) is 22.9 Å². The summed E-state index contributed by atoms with van der Waals surface area (Å²) in [5.41, 5.74) is 3.39. The van der Waals surface area contributed by atoms with Crippen molar-refractivity contribution in [3.05, 3.63) is 52.5 Å². The predicted molar refractivity (Wildman–Crippen MR) is 108 cm³/mol. The third kappa shape index (κ3) is 4.61. The summed E-state index contributed by atoms with van der Waals surface area (Å²) >= 11 is 6.14. The smallest absolute Gasteiger partial charge is 0.227 e. The molecule has 0 aromatic heterocycles. The Hall–Kier alpha value is -2.53. The number of carbonyl (C=O) groups excluding carboxylic acids is 2. The van der Waals surface area contributed by atoms with Gasteiger partial charge >= 0.3 is 0 Å². The molecule has 0 bridgehead atoms. The Kier molecular flexibility index (Phi) is 5.71. The van der Waals surface area contributed by atoms with E-state index in [0.717, 1.165) is 16.8 Å². The first-order chi connectivity index (χ1) is 12.8. The lowest BCUT2D eigenvalue weighted by molar-refractivity contribution is -0.122. The second kappa shape index (κ2) is 8.01. The number of hydrogen-bond donors (Lipinski definition) is 1. The van der Waals surface area contributed by atoms with Gasteiger partial charge in [0.25, 0.3) is 0 Å². The van der Waals surface area contributed by atoms with Crippen LogP contribution in [-0.4, -0.2) is 24.5 Å². The number of nitrogens with one attached hydrogen (secondary N) is 1. The minimum Gasteiger partial charge on any atom is -0.487 e. The number of nitrogens with zero attached hydrogens (tertiary/aromatic N) is 1. The number of halogens is 1. The predicted octanol–water partition coefficient (Wildman–Crippen LogP) is 4.49. The molecule has 0 fully saturated rings. The van der Waals surface area contributed by atoms with Crippen molar-refractivity contribution in [2.24, 2.45) is 0 Å². The molecule has 0 saturated heterocycles. The van der Waals surface area contributed by atoms with Gasteiger partial charge in [-0.25, -0.2) is 0 Å². The van der Waals surface area contributed by atoms with E-state index in [0.29, 0.717) is 23.0 Å². The maximum Gasteiger partial charge on any atom is 0.227 e. The number of fused-ring (bicyclic) bond motifs is 1. The van der Waals surface area contributed by atoms with Gasteiger partial charge in [0.2, 0.25) is 11.8 Å². The van der Waals surface area contributed by atoms with Crippen LogP contribution in [0.25, 0.3) is 0 Å². The van der Waals surface area contributed by atoms with Crippen LogP contribution in [0.5, 0.6) is 5.75 Å². The van der Waals surface area contributed by atoms with E-state index in [9.17, 15) is 9.59 Å². The van der Waals surface area contributed by atoms with Gasteiger partial charge < -0.3 is 15.0 Å². The zero-order chi connectivity index (χ0) is 19.6. The fourth-order valence-electron chi connectivity index (χ4n) is 3.07. The standard InChI is InChI=1S/C21H23ClN2O3/c1-13-4-6-17(16(22)10-13)23-20(25)8-9-21(26)24-12-15(3)27-19-7-5-14(2)11-18(19)24/h4-7,10-11,15H,8-9,12H2,1-3H3,(H,23,25)/t15-/m1/s1. The highest BCUT2D eigenvalue weighted by atomic mass is 35.5. The van der Waals surface area contributed by atoms with E-state index in [1.165, 1.54) is 0 Å². The Morgan fingerprint density at radius 2 is 1.85 bits per heavy atom. The van der Waals surface area contributed by atoms with Crippen LogP contribution in [0.15, 0.2) is 36.4 Å². The Balaban J connectivity index is 1.64. The fraction of sp³-hybridized carbons (Fsp3) is 0.333. The number of ether oxygens (including phenoxy) is 1.